The fourth-order valence-electron chi connectivity index (χ4n) is 3.23. The van der Waals surface area contributed by atoms with Gasteiger partial charge in [0.05, 0.1) is 17.2 Å². The Kier molecular flexibility index (Phi) is 3.65. The zero-order valence-electron chi connectivity index (χ0n) is 13.2. The van der Waals surface area contributed by atoms with E-state index in [1.165, 1.54) is 17.0 Å². The van der Waals surface area contributed by atoms with Crippen LogP contribution in [0.25, 0.3) is 0 Å². The predicted molar refractivity (Wildman–Crippen MR) is 91.6 cm³/mol. The molecule has 1 heterocycles. The second-order valence-electron chi connectivity index (χ2n) is 5.89. The standard InChI is InChI=1S/C21H14FNO2/c22-16-11-12-17-18(13-16)21(25)23(20(17)24)19(14-7-3-1-4-8-14)15-9-5-2-6-10-15/h1-13,19H. The fraction of sp³-hybridized carbons (Fsp3) is 0.0476. The molecule has 3 nitrogen and oxygen atoms in total. The molecular weight excluding hydrogens is 317 g/mol. The van der Waals surface area contributed by atoms with Crippen LogP contribution in [0.1, 0.15) is 37.9 Å². The van der Waals surface area contributed by atoms with E-state index in [-0.39, 0.29) is 11.1 Å². The lowest BCUT2D eigenvalue weighted by molar-refractivity contribution is 0.0608. The summed E-state index contributed by atoms with van der Waals surface area (Å²) in [7, 11) is 0. The minimum absolute atomic E-state index is 0.113. The summed E-state index contributed by atoms with van der Waals surface area (Å²) < 4.78 is 13.6. The summed E-state index contributed by atoms with van der Waals surface area (Å²) in [4.78, 5) is 27.0. The average molecular weight is 331 g/mol. The first kappa shape index (κ1) is 15.3. The van der Waals surface area contributed by atoms with Crippen LogP contribution in [0.15, 0.2) is 78.9 Å². The van der Waals surface area contributed by atoms with Gasteiger partial charge in [-0.1, -0.05) is 60.7 Å². The van der Waals surface area contributed by atoms with Crippen LogP contribution < -0.4 is 0 Å². The van der Waals surface area contributed by atoms with Crippen molar-refractivity contribution < 1.29 is 14.0 Å². The summed E-state index contributed by atoms with van der Waals surface area (Å²) in [6.45, 7) is 0. The van der Waals surface area contributed by atoms with Gasteiger partial charge in [-0.05, 0) is 29.3 Å². The molecule has 1 aliphatic heterocycles. The molecule has 3 aromatic rings. The number of hydrogen-bond acceptors (Lipinski definition) is 2. The molecule has 122 valence electrons. The molecule has 0 saturated carbocycles. The van der Waals surface area contributed by atoms with Gasteiger partial charge < -0.3 is 0 Å². The Hall–Kier alpha value is -3.27. The Morgan fingerprint density at radius 1 is 0.680 bits per heavy atom. The SMILES string of the molecule is O=C1c2ccc(F)cc2C(=O)N1C(c1ccccc1)c1ccccc1. The first-order chi connectivity index (χ1) is 12.2. The highest BCUT2D eigenvalue weighted by atomic mass is 19.1. The lowest BCUT2D eigenvalue weighted by Crippen LogP contribution is -2.34. The van der Waals surface area contributed by atoms with E-state index in [1.807, 2.05) is 60.7 Å². The van der Waals surface area contributed by atoms with Crippen molar-refractivity contribution in [2.45, 2.75) is 6.04 Å². The van der Waals surface area contributed by atoms with Crippen molar-refractivity contribution in [3.05, 3.63) is 107 Å². The van der Waals surface area contributed by atoms with E-state index in [9.17, 15) is 14.0 Å². The molecule has 4 rings (SSSR count). The summed E-state index contributed by atoms with van der Waals surface area (Å²) in [5, 5.41) is 0. The quantitative estimate of drug-likeness (QED) is 0.674. The number of hydrogen-bond donors (Lipinski definition) is 0. The van der Waals surface area contributed by atoms with Crippen LogP contribution in [0, 0.1) is 5.82 Å². The highest BCUT2D eigenvalue weighted by Crippen LogP contribution is 2.35. The maximum atomic E-state index is 13.6. The molecule has 0 aromatic heterocycles. The van der Waals surface area contributed by atoms with Gasteiger partial charge >= 0.3 is 0 Å². The molecule has 2 amide bonds. The summed E-state index contributed by atoms with van der Waals surface area (Å²) in [6, 6.07) is 21.9. The van der Waals surface area contributed by atoms with Crippen molar-refractivity contribution in [2.24, 2.45) is 0 Å². The number of amides is 2. The van der Waals surface area contributed by atoms with Crippen LogP contribution in [-0.2, 0) is 0 Å². The molecule has 0 spiro atoms. The molecule has 0 saturated heterocycles. The molecule has 1 aliphatic rings. The molecule has 0 radical (unpaired) electrons. The van der Waals surface area contributed by atoms with Gasteiger partial charge in [0.2, 0.25) is 0 Å². The number of halogens is 1. The van der Waals surface area contributed by atoms with Gasteiger partial charge in [0.25, 0.3) is 11.8 Å². The summed E-state index contributed by atoms with van der Waals surface area (Å²) in [6.07, 6.45) is 0. The zero-order valence-corrected chi connectivity index (χ0v) is 13.2. The molecule has 0 N–H and O–H groups in total. The Bertz CT molecular complexity index is 915. The normalized spacial score (nSPS) is 13.4. The van der Waals surface area contributed by atoms with Crippen LogP contribution in [0.5, 0.6) is 0 Å². The molecule has 0 bridgehead atoms. The molecule has 0 atom stereocenters. The average Bonchev–Trinajstić information content (AvgIpc) is 2.88. The van der Waals surface area contributed by atoms with Crippen molar-refractivity contribution in [3.8, 4) is 0 Å². The van der Waals surface area contributed by atoms with E-state index in [0.29, 0.717) is 0 Å². The van der Waals surface area contributed by atoms with Gasteiger partial charge in [-0.25, -0.2) is 4.39 Å². The van der Waals surface area contributed by atoms with Gasteiger partial charge in [-0.2, -0.15) is 0 Å². The highest BCUT2D eigenvalue weighted by molar-refractivity contribution is 6.21. The number of carbonyl (C=O) groups is 2. The largest absolute Gasteiger partial charge is 0.269 e. The molecule has 25 heavy (non-hydrogen) atoms. The first-order valence-corrected chi connectivity index (χ1v) is 7.94. The lowest BCUT2D eigenvalue weighted by atomic mass is 9.97. The second kappa shape index (κ2) is 5.98. The minimum Gasteiger partial charge on any atom is -0.269 e. The second-order valence-corrected chi connectivity index (χ2v) is 5.89. The van der Waals surface area contributed by atoms with E-state index in [2.05, 4.69) is 0 Å². The molecule has 4 heteroatoms. The Balaban J connectivity index is 1.87. The van der Waals surface area contributed by atoms with E-state index in [1.54, 1.807) is 0 Å². The topological polar surface area (TPSA) is 37.4 Å². The van der Waals surface area contributed by atoms with Crippen molar-refractivity contribution in [1.82, 2.24) is 4.90 Å². The number of rotatable bonds is 3. The van der Waals surface area contributed by atoms with E-state index in [0.717, 1.165) is 17.2 Å². The Morgan fingerprint density at radius 2 is 1.20 bits per heavy atom. The Labute approximate surface area is 144 Å². The highest BCUT2D eigenvalue weighted by Gasteiger charge is 2.41. The smallest absolute Gasteiger partial charge is 0.262 e. The monoisotopic (exact) mass is 331 g/mol. The third-order valence-corrected chi connectivity index (χ3v) is 4.37. The molecular formula is C21H14FNO2. The van der Waals surface area contributed by atoms with Gasteiger partial charge in [-0.3, -0.25) is 14.5 Å². The van der Waals surface area contributed by atoms with Crippen molar-refractivity contribution in [2.75, 3.05) is 0 Å². The van der Waals surface area contributed by atoms with Gasteiger partial charge in [-0.15, -0.1) is 0 Å². The maximum Gasteiger partial charge on any atom is 0.262 e. The van der Waals surface area contributed by atoms with Gasteiger partial charge in [0, 0.05) is 0 Å². The number of nitrogens with zero attached hydrogens (tertiary/aromatic N) is 1. The number of carbonyl (C=O) groups excluding carboxylic acids is 2. The zero-order chi connectivity index (χ0) is 17.4. The number of imide groups is 1. The van der Waals surface area contributed by atoms with E-state index < -0.39 is 23.7 Å². The summed E-state index contributed by atoms with van der Waals surface area (Å²) in [5.41, 5.74) is 2.00. The first-order valence-electron chi connectivity index (χ1n) is 7.94. The lowest BCUT2D eigenvalue weighted by Gasteiger charge is -2.27. The van der Waals surface area contributed by atoms with Gasteiger partial charge in [0.15, 0.2) is 0 Å². The summed E-state index contributed by atoms with van der Waals surface area (Å²) >= 11 is 0. The number of fused-ring (bicyclic) bond motifs is 1. The van der Waals surface area contributed by atoms with Crippen LogP contribution in [0.2, 0.25) is 0 Å². The summed E-state index contributed by atoms with van der Waals surface area (Å²) in [5.74, 6) is -1.41. The van der Waals surface area contributed by atoms with Crippen molar-refractivity contribution in [3.63, 3.8) is 0 Å². The molecule has 0 fully saturated rings. The minimum atomic E-state index is -0.558. The molecule has 0 unspecified atom stereocenters. The Morgan fingerprint density at radius 3 is 1.76 bits per heavy atom. The third kappa shape index (κ3) is 2.52. The van der Waals surface area contributed by atoms with Crippen LogP contribution in [0.3, 0.4) is 0 Å². The van der Waals surface area contributed by atoms with E-state index in [4.69, 9.17) is 0 Å². The number of benzene rings is 3. The van der Waals surface area contributed by atoms with Crippen LogP contribution in [-0.4, -0.2) is 16.7 Å². The van der Waals surface area contributed by atoms with Crippen LogP contribution in [0.4, 0.5) is 4.39 Å². The van der Waals surface area contributed by atoms with E-state index >= 15 is 0 Å². The van der Waals surface area contributed by atoms with Crippen molar-refractivity contribution in [1.29, 1.82) is 0 Å². The molecule has 3 aromatic carbocycles. The maximum absolute atomic E-state index is 13.6. The molecule has 0 aliphatic carbocycles. The fourth-order valence-corrected chi connectivity index (χ4v) is 3.23. The van der Waals surface area contributed by atoms with Crippen LogP contribution >= 0.6 is 0 Å². The van der Waals surface area contributed by atoms with Gasteiger partial charge in [0.1, 0.15) is 5.82 Å². The third-order valence-electron chi connectivity index (χ3n) is 4.37. The van der Waals surface area contributed by atoms with Crippen molar-refractivity contribution >= 4 is 11.8 Å². The predicted octanol–water partition coefficient (Wildman–Crippen LogP) is 4.21.